The summed E-state index contributed by atoms with van der Waals surface area (Å²) in [7, 11) is 2.16. The molecule has 0 unspecified atom stereocenters. The third-order valence-corrected chi connectivity index (χ3v) is 9.77. The van der Waals surface area contributed by atoms with Crippen LogP contribution < -0.4 is 14.4 Å². The number of carbonyl (C=O) groups excluding carboxylic acids is 1. The van der Waals surface area contributed by atoms with Gasteiger partial charge in [0.05, 0.1) is 12.2 Å². The van der Waals surface area contributed by atoms with E-state index in [2.05, 4.69) is 47.2 Å². The van der Waals surface area contributed by atoms with Crippen LogP contribution in [0, 0.1) is 5.92 Å². The Morgan fingerprint density at radius 3 is 2.50 bits per heavy atom. The summed E-state index contributed by atoms with van der Waals surface area (Å²) in [5, 5.41) is 0. The van der Waals surface area contributed by atoms with Gasteiger partial charge in [-0.1, -0.05) is 73.5 Å². The van der Waals surface area contributed by atoms with Crippen LogP contribution in [0.3, 0.4) is 0 Å². The molecular formula is C34H38N2O4. The van der Waals surface area contributed by atoms with Crippen LogP contribution in [0.1, 0.15) is 54.4 Å². The predicted octanol–water partition coefficient (Wildman–Crippen LogP) is 6.49. The molecule has 0 radical (unpaired) electrons. The van der Waals surface area contributed by atoms with Crippen molar-refractivity contribution in [2.45, 2.75) is 63.2 Å². The molecule has 3 atom stereocenters. The van der Waals surface area contributed by atoms with E-state index in [1.807, 2.05) is 36.4 Å². The highest BCUT2D eigenvalue weighted by Crippen LogP contribution is 2.60. The largest absolute Gasteiger partial charge is 0.486 e. The van der Waals surface area contributed by atoms with Crippen molar-refractivity contribution in [3.63, 3.8) is 0 Å². The molecule has 40 heavy (non-hydrogen) atoms. The Morgan fingerprint density at radius 2 is 1.73 bits per heavy atom. The lowest BCUT2D eigenvalue weighted by molar-refractivity contribution is -0.0137. The molecule has 6 heteroatoms. The molecule has 2 aliphatic heterocycles. The normalized spacial score (nSPS) is 24.7. The van der Waals surface area contributed by atoms with Crippen LogP contribution in [-0.4, -0.2) is 43.8 Å². The zero-order valence-electron chi connectivity index (χ0n) is 23.3. The molecule has 208 valence electrons. The van der Waals surface area contributed by atoms with E-state index < -0.39 is 0 Å². The predicted molar refractivity (Wildman–Crippen MR) is 155 cm³/mol. The van der Waals surface area contributed by atoms with Crippen LogP contribution >= 0.6 is 0 Å². The van der Waals surface area contributed by atoms with Crippen molar-refractivity contribution in [3.8, 4) is 11.5 Å². The lowest BCUT2D eigenvalue weighted by Gasteiger charge is -2.59. The number of nitrogens with zero attached hydrogens (tertiary/aromatic N) is 2. The van der Waals surface area contributed by atoms with Crippen LogP contribution in [0.15, 0.2) is 66.7 Å². The van der Waals surface area contributed by atoms with Crippen molar-refractivity contribution < 1.29 is 19.0 Å². The quantitative estimate of drug-likeness (QED) is 0.372. The molecule has 2 aliphatic carbocycles. The fraction of sp³-hybridized carbons (Fsp3) is 0.441. The average Bonchev–Trinajstić information content (AvgIpc) is 3.00. The Kier molecular flexibility index (Phi) is 6.57. The number of piperidine rings is 1. The number of fused-ring (bicyclic) bond motifs is 3. The molecule has 3 aromatic rings. The number of amides is 1. The van der Waals surface area contributed by atoms with E-state index in [-0.39, 0.29) is 17.6 Å². The molecule has 7 rings (SSSR count). The fourth-order valence-corrected chi connectivity index (χ4v) is 7.90. The Labute approximate surface area is 236 Å². The van der Waals surface area contributed by atoms with E-state index in [4.69, 9.17) is 14.2 Å². The fourth-order valence-electron chi connectivity index (χ4n) is 7.90. The summed E-state index contributed by atoms with van der Waals surface area (Å²) in [6.45, 7) is 3.03. The molecule has 1 saturated carbocycles. The van der Waals surface area contributed by atoms with E-state index in [9.17, 15) is 4.79 Å². The van der Waals surface area contributed by atoms with E-state index >= 15 is 0 Å². The van der Waals surface area contributed by atoms with Gasteiger partial charge in [0.15, 0.2) is 11.5 Å². The summed E-state index contributed by atoms with van der Waals surface area (Å²) in [6, 6.07) is 22.8. The van der Waals surface area contributed by atoms with Gasteiger partial charge < -0.3 is 24.0 Å². The minimum absolute atomic E-state index is 0.0604. The second-order valence-electron chi connectivity index (χ2n) is 11.9. The molecule has 2 heterocycles. The Morgan fingerprint density at radius 1 is 0.975 bits per heavy atom. The molecule has 0 aromatic heterocycles. The average molecular weight is 539 g/mol. The van der Waals surface area contributed by atoms with Gasteiger partial charge in [-0.3, -0.25) is 0 Å². The first kappa shape index (κ1) is 25.3. The van der Waals surface area contributed by atoms with E-state index in [0.29, 0.717) is 25.7 Å². The van der Waals surface area contributed by atoms with Crippen molar-refractivity contribution in [1.29, 1.82) is 0 Å². The first-order valence-corrected chi connectivity index (χ1v) is 14.8. The summed E-state index contributed by atoms with van der Waals surface area (Å²) in [6.07, 6.45) is 6.37. The number of hydrogen-bond acceptors (Lipinski definition) is 5. The Hall–Kier alpha value is -3.67. The molecular weight excluding hydrogens is 500 g/mol. The van der Waals surface area contributed by atoms with Gasteiger partial charge in [-0.15, -0.1) is 0 Å². The molecule has 1 saturated heterocycles. The van der Waals surface area contributed by atoms with Gasteiger partial charge >= 0.3 is 6.09 Å². The molecule has 2 bridgehead atoms. The van der Waals surface area contributed by atoms with Crippen LogP contribution in [0.4, 0.5) is 10.5 Å². The van der Waals surface area contributed by atoms with Gasteiger partial charge in [0.25, 0.3) is 0 Å². The molecule has 0 N–H and O–H groups in total. The lowest BCUT2D eigenvalue weighted by atomic mass is 9.52. The van der Waals surface area contributed by atoms with Crippen molar-refractivity contribution in [3.05, 3.63) is 89.0 Å². The minimum Gasteiger partial charge on any atom is -0.486 e. The first-order chi connectivity index (χ1) is 19.6. The van der Waals surface area contributed by atoms with Crippen molar-refractivity contribution >= 4 is 11.8 Å². The van der Waals surface area contributed by atoms with Crippen LogP contribution in [0.2, 0.25) is 0 Å². The van der Waals surface area contributed by atoms with Gasteiger partial charge in [0.2, 0.25) is 0 Å². The third-order valence-electron chi connectivity index (χ3n) is 9.77. The zero-order chi connectivity index (χ0) is 27.1. The zero-order valence-corrected chi connectivity index (χ0v) is 23.3. The maximum Gasteiger partial charge on any atom is 0.410 e. The summed E-state index contributed by atoms with van der Waals surface area (Å²) >= 11 is 0. The second-order valence-corrected chi connectivity index (χ2v) is 11.9. The molecule has 4 aliphatic rings. The number of likely N-dealkylation sites (tertiary alicyclic amines) is 1. The monoisotopic (exact) mass is 538 g/mol. The van der Waals surface area contributed by atoms with Gasteiger partial charge in [-0.05, 0) is 59.9 Å². The number of rotatable bonds is 5. The maximum atomic E-state index is 13.5. The molecule has 1 amide bonds. The summed E-state index contributed by atoms with van der Waals surface area (Å²) < 4.78 is 18.7. The number of hydrogen-bond donors (Lipinski definition) is 0. The van der Waals surface area contributed by atoms with E-state index in [0.717, 1.165) is 67.1 Å². The molecule has 6 nitrogen and oxygen atoms in total. The summed E-state index contributed by atoms with van der Waals surface area (Å²) in [5.41, 5.74) is 6.15. The number of anilines is 1. The van der Waals surface area contributed by atoms with Crippen molar-refractivity contribution in [2.24, 2.45) is 5.92 Å². The number of ether oxygens (including phenoxy) is 3. The smallest absolute Gasteiger partial charge is 0.410 e. The van der Waals surface area contributed by atoms with Crippen LogP contribution in [0.25, 0.3) is 0 Å². The summed E-state index contributed by atoms with van der Waals surface area (Å²) in [5.74, 6) is 2.14. The van der Waals surface area contributed by atoms with Gasteiger partial charge in [0, 0.05) is 25.0 Å². The highest BCUT2D eigenvalue weighted by atomic mass is 16.6. The maximum absolute atomic E-state index is 13.5. The minimum atomic E-state index is -0.183. The highest BCUT2D eigenvalue weighted by molar-refractivity contribution is 5.75. The number of benzene rings is 3. The van der Waals surface area contributed by atoms with Gasteiger partial charge in [-0.2, -0.15) is 0 Å². The van der Waals surface area contributed by atoms with E-state index in [1.165, 1.54) is 24.0 Å². The number of likely N-dealkylation sites (N-methyl/N-ethyl adjacent to an activating group) is 1. The van der Waals surface area contributed by atoms with Gasteiger partial charge in [0.1, 0.15) is 19.8 Å². The number of carbonyl (C=O) groups is 1. The molecule has 0 spiro atoms. The summed E-state index contributed by atoms with van der Waals surface area (Å²) in [4.78, 5) is 17.9. The Balaban J connectivity index is 1.25. The van der Waals surface area contributed by atoms with Crippen LogP contribution in [0.5, 0.6) is 11.5 Å². The van der Waals surface area contributed by atoms with E-state index in [1.54, 1.807) is 0 Å². The lowest BCUT2D eigenvalue weighted by Crippen LogP contribution is -2.62. The van der Waals surface area contributed by atoms with Crippen LogP contribution in [-0.2, 0) is 29.8 Å². The first-order valence-electron chi connectivity index (χ1n) is 14.8. The third kappa shape index (κ3) is 4.29. The topological polar surface area (TPSA) is 51.2 Å². The Bertz CT molecular complexity index is 1380. The molecule has 3 aromatic carbocycles. The standard InChI is InChI=1S/C34H38N2O4/c1-35-18-19-38-32-30(39-22-24-10-4-2-5-11-24)21-28-26(31(32)35)20-29-27-14-8-9-15-34(27,28)16-17-36(29)33(37)40-23-25-12-6-3-7-13-25/h2-7,10-13,21,27,29H,8-9,14-20,22-23H2,1H3/t27-,29+,34+/m1/s1. The highest BCUT2D eigenvalue weighted by Gasteiger charge is 2.56. The SMILES string of the molecule is CN1CCOc2c(OCc3ccccc3)cc3c(c21)C[C@H]1[C@H]2CCCC[C@@]32CCN1C(=O)OCc1ccccc1. The van der Waals surface area contributed by atoms with Crippen molar-refractivity contribution in [1.82, 2.24) is 4.90 Å². The molecule has 2 fully saturated rings. The second kappa shape index (κ2) is 10.4. The van der Waals surface area contributed by atoms with Crippen molar-refractivity contribution in [2.75, 3.05) is 31.6 Å². The van der Waals surface area contributed by atoms with Gasteiger partial charge in [-0.25, -0.2) is 4.79 Å².